The van der Waals surface area contributed by atoms with Gasteiger partial charge in [0.05, 0.1) is 29.5 Å². The van der Waals surface area contributed by atoms with Gasteiger partial charge in [-0.15, -0.1) is 10.2 Å². The number of carbonyl (C=O) groups is 1. The molecule has 0 aliphatic rings. The van der Waals surface area contributed by atoms with Crippen molar-refractivity contribution in [2.45, 2.75) is 6.18 Å². The molecule has 33 heavy (non-hydrogen) atoms. The van der Waals surface area contributed by atoms with Gasteiger partial charge in [0.25, 0.3) is 5.91 Å². The van der Waals surface area contributed by atoms with E-state index in [0.29, 0.717) is 27.0 Å². The van der Waals surface area contributed by atoms with Crippen LogP contribution in [-0.4, -0.2) is 23.2 Å². The minimum atomic E-state index is -4.55. The molecule has 0 bridgehead atoms. The van der Waals surface area contributed by atoms with E-state index in [1.807, 2.05) is 0 Å². The van der Waals surface area contributed by atoms with Gasteiger partial charge >= 0.3 is 6.18 Å². The second-order valence-electron chi connectivity index (χ2n) is 6.84. The van der Waals surface area contributed by atoms with Crippen LogP contribution in [0.2, 0.25) is 0 Å². The molecule has 0 saturated heterocycles. The maximum Gasteiger partial charge on any atom is 0.416 e. The number of methoxy groups -OCH3 is 1. The first-order valence-electron chi connectivity index (χ1n) is 9.51. The first-order valence-corrected chi connectivity index (χ1v) is 10.3. The Balaban J connectivity index is 1.64. The molecule has 0 aliphatic heterocycles. The Bertz CT molecular complexity index is 1320. The first kappa shape index (κ1) is 22.5. The zero-order valence-electron chi connectivity index (χ0n) is 17.0. The van der Waals surface area contributed by atoms with E-state index < -0.39 is 17.6 Å². The minimum absolute atomic E-state index is 0.125. The molecule has 0 unspecified atom stereocenters. The number of para-hydroxylation sites is 1. The fraction of sp³-hybridized carbons (Fsp3) is 0.0870. The fourth-order valence-electron chi connectivity index (χ4n) is 3.05. The summed E-state index contributed by atoms with van der Waals surface area (Å²) in [5.41, 5.74) is 0.286. The van der Waals surface area contributed by atoms with Gasteiger partial charge in [0.2, 0.25) is 11.8 Å². The number of hydrogen-bond donors (Lipinski definition) is 1. The highest BCUT2D eigenvalue weighted by Crippen LogP contribution is 2.35. The van der Waals surface area contributed by atoms with Gasteiger partial charge in [-0.2, -0.15) is 13.2 Å². The largest absolute Gasteiger partial charge is 0.497 e. The zero-order chi connectivity index (χ0) is 23.6. The predicted octanol–water partition coefficient (Wildman–Crippen LogP) is 6.45. The summed E-state index contributed by atoms with van der Waals surface area (Å²) in [6, 6.07) is 16.1. The van der Waals surface area contributed by atoms with E-state index in [4.69, 9.17) is 9.15 Å². The Morgan fingerprint density at radius 2 is 1.70 bits per heavy atom. The number of hydrogen-bond acceptors (Lipinski definition) is 5. The van der Waals surface area contributed by atoms with Crippen LogP contribution >= 0.6 is 15.9 Å². The first-order chi connectivity index (χ1) is 15.8. The van der Waals surface area contributed by atoms with E-state index in [9.17, 15) is 18.0 Å². The number of nitrogens with one attached hydrogen (secondary N) is 1. The highest BCUT2D eigenvalue weighted by molar-refractivity contribution is 9.10. The van der Waals surface area contributed by atoms with Crippen LogP contribution in [0.25, 0.3) is 22.9 Å². The van der Waals surface area contributed by atoms with Crippen LogP contribution in [0.15, 0.2) is 75.6 Å². The summed E-state index contributed by atoms with van der Waals surface area (Å²) < 4.78 is 50.7. The highest BCUT2D eigenvalue weighted by atomic mass is 79.9. The highest BCUT2D eigenvalue weighted by Gasteiger charge is 2.31. The summed E-state index contributed by atoms with van der Waals surface area (Å²) in [5, 5.41) is 10.8. The molecule has 1 heterocycles. The Labute approximate surface area is 194 Å². The summed E-state index contributed by atoms with van der Waals surface area (Å²) >= 11 is 3.43. The van der Waals surface area contributed by atoms with Crippen molar-refractivity contribution in [3.63, 3.8) is 0 Å². The number of rotatable bonds is 5. The number of alkyl halides is 3. The molecule has 0 radical (unpaired) electrons. The van der Waals surface area contributed by atoms with E-state index in [0.717, 1.165) is 12.1 Å². The number of anilines is 1. The van der Waals surface area contributed by atoms with Crippen molar-refractivity contribution < 1.29 is 27.1 Å². The normalized spacial score (nSPS) is 11.3. The summed E-state index contributed by atoms with van der Waals surface area (Å²) in [6.45, 7) is 0. The number of aromatic nitrogens is 2. The molecule has 0 atom stereocenters. The van der Waals surface area contributed by atoms with Crippen molar-refractivity contribution in [3.05, 3.63) is 82.3 Å². The topological polar surface area (TPSA) is 77.3 Å². The third kappa shape index (κ3) is 4.90. The molecule has 1 aromatic heterocycles. The Morgan fingerprint density at radius 1 is 0.970 bits per heavy atom. The molecule has 0 saturated carbocycles. The number of nitrogens with zero attached hydrogens (tertiary/aromatic N) is 2. The van der Waals surface area contributed by atoms with Gasteiger partial charge in [0, 0.05) is 10.0 Å². The summed E-state index contributed by atoms with van der Waals surface area (Å²) in [4.78, 5) is 12.7. The average molecular weight is 518 g/mol. The smallest absolute Gasteiger partial charge is 0.416 e. The molecule has 10 heteroatoms. The minimum Gasteiger partial charge on any atom is -0.497 e. The van der Waals surface area contributed by atoms with Gasteiger partial charge in [-0.3, -0.25) is 4.79 Å². The Hall–Kier alpha value is -3.66. The molecule has 0 fully saturated rings. The third-order valence-corrected chi connectivity index (χ3v) is 5.38. The Kier molecular flexibility index (Phi) is 6.19. The third-order valence-electron chi connectivity index (χ3n) is 4.69. The standard InChI is InChI=1S/C23H15BrF3N3O3/c1-32-15-9-10-18(24)17(12-15)22-30-29-21(33-22)16-7-2-3-8-19(16)28-20(31)13-5-4-6-14(11-13)23(25,26)27/h2-12H,1H3,(H,28,31). The summed E-state index contributed by atoms with van der Waals surface area (Å²) in [5.74, 6) is 0.236. The lowest BCUT2D eigenvalue weighted by molar-refractivity contribution is -0.137. The van der Waals surface area contributed by atoms with Gasteiger partial charge in [-0.25, -0.2) is 0 Å². The van der Waals surface area contributed by atoms with Gasteiger partial charge in [0.15, 0.2) is 0 Å². The molecule has 0 spiro atoms. The lowest BCUT2D eigenvalue weighted by atomic mass is 10.1. The Morgan fingerprint density at radius 3 is 2.42 bits per heavy atom. The summed E-state index contributed by atoms with van der Waals surface area (Å²) in [6.07, 6.45) is -4.55. The quantitative estimate of drug-likeness (QED) is 0.329. The molecule has 1 amide bonds. The van der Waals surface area contributed by atoms with Crippen LogP contribution in [0.5, 0.6) is 5.75 Å². The van der Waals surface area contributed by atoms with Crippen molar-refractivity contribution in [1.29, 1.82) is 0 Å². The van der Waals surface area contributed by atoms with Crippen molar-refractivity contribution in [1.82, 2.24) is 10.2 Å². The van der Waals surface area contributed by atoms with Crippen molar-refractivity contribution in [2.24, 2.45) is 0 Å². The maximum atomic E-state index is 13.0. The van der Waals surface area contributed by atoms with Crippen LogP contribution in [-0.2, 0) is 6.18 Å². The second-order valence-corrected chi connectivity index (χ2v) is 7.69. The number of benzene rings is 3. The molecule has 3 aromatic carbocycles. The van der Waals surface area contributed by atoms with Crippen LogP contribution in [0.3, 0.4) is 0 Å². The van der Waals surface area contributed by atoms with E-state index in [2.05, 4.69) is 31.4 Å². The zero-order valence-corrected chi connectivity index (χ0v) is 18.6. The fourth-order valence-corrected chi connectivity index (χ4v) is 3.46. The van der Waals surface area contributed by atoms with E-state index >= 15 is 0 Å². The van der Waals surface area contributed by atoms with E-state index in [1.54, 1.807) is 42.5 Å². The molecule has 6 nitrogen and oxygen atoms in total. The number of amides is 1. The number of ether oxygens (including phenoxy) is 1. The SMILES string of the molecule is COc1ccc(Br)c(-c2nnc(-c3ccccc3NC(=O)c3cccc(C(F)(F)F)c3)o2)c1. The van der Waals surface area contributed by atoms with Crippen LogP contribution in [0, 0.1) is 0 Å². The lowest BCUT2D eigenvalue weighted by Gasteiger charge is -2.11. The summed E-state index contributed by atoms with van der Waals surface area (Å²) in [7, 11) is 1.54. The molecular formula is C23H15BrF3N3O3. The number of carbonyl (C=O) groups excluding carboxylic acids is 1. The van der Waals surface area contributed by atoms with Crippen LogP contribution in [0.1, 0.15) is 15.9 Å². The van der Waals surface area contributed by atoms with E-state index in [-0.39, 0.29) is 17.3 Å². The molecule has 4 aromatic rings. The molecule has 168 valence electrons. The molecule has 1 N–H and O–H groups in total. The second kappa shape index (κ2) is 9.07. The van der Waals surface area contributed by atoms with Crippen molar-refractivity contribution in [3.8, 4) is 28.7 Å². The average Bonchev–Trinajstić information content (AvgIpc) is 3.29. The molecule has 4 rings (SSSR count). The van der Waals surface area contributed by atoms with E-state index in [1.165, 1.54) is 19.2 Å². The van der Waals surface area contributed by atoms with Gasteiger partial charge in [0.1, 0.15) is 5.75 Å². The number of halogens is 4. The molecule has 0 aliphatic carbocycles. The monoisotopic (exact) mass is 517 g/mol. The van der Waals surface area contributed by atoms with Crippen molar-refractivity contribution in [2.75, 3.05) is 12.4 Å². The lowest BCUT2D eigenvalue weighted by Crippen LogP contribution is -2.14. The van der Waals surface area contributed by atoms with Gasteiger partial charge < -0.3 is 14.5 Å². The maximum absolute atomic E-state index is 13.0. The molecular weight excluding hydrogens is 503 g/mol. The predicted molar refractivity (Wildman–Crippen MR) is 119 cm³/mol. The van der Waals surface area contributed by atoms with Gasteiger partial charge in [-0.05, 0) is 64.5 Å². The van der Waals surface area contributed by atoms with Crippen LogP contribution in [0.4, 0.5) is 18.9 Å². The van der Waals surface area contributed by atoms with Crippen LogP contribution < -0.4 is 10.1 Å². The van der Waals surface area contributed by atoms with Crippen molar-refractivity contribution >= 4 is 27.5 Å². The van der Waals surface area contributed by atoms with Gasteiger partial charge in [-0.1, -0.05) is 18.2 Å².